The fourth-order valence-electron chi connectivity index (χ4n) is 4.62. The normalized spacial score (nSPS) is 21.2. The molecule has 170 valence electrons. The highest BCUT2D eigenvalue weighted by Crippen LogP contribution is 2.29. The van der Waals surface area contributed by atoms with E-state index in [1.54, 1.807) is 7.11 Å². The van der Waals surface area contributed by atoms with Crippen molar-refractivity contribution in [1.82, 2.24) is 35.0 Å². The molecule has 32 heavy (non-hydrogen) atoms. The van der Waals surface area contributed by atoms with Crippen molar-refractivity contribution in [3.63, 3.8) is 0 Å². The van der Waals surface area contributed by atoms with E-state index in [1.165, 1.54) is 0 Å². The first-order valence-electron chi connectivity index (χ1n) is 11.1. The minimum Gasteiger partial charge on any atom is -0.497 e. The van der Waals surface area contributed by atoms with E-state index in [0.29, 0.717) is 23.7 Å². The third kappa shape index (κ3) is 4.13. The van der Waals surface area contributed by atoms with Gasteiger partial charge in [-0.1, -0.05) is 0 Å². The maximum absolute atomic E-state index is 13.3. The summed E-state index contributed by atoms with van der Waals surface area (Å²) in [6.45, 7) is 4.87. The zero-order valence-electron chi connectivity index (χ0n) is 18.5. The Bertz CT molecular complexity index is 1130. The van der Waals surface area contributed by atoms with Crippen LogP contribution in [0.5, 0.6) is 5.75 Å². The van der Waals surface area contributed by atoms with Crippen LogP contribution in [0.15, 0.2) is 29.1 Å². The lowest BCUT2D eigenvalue weighted by Gasteiger charge is -2.37. The molecule has 0 aliphatic carbocycles. The first kappa shape index (κ1) is 21.0. The molecule has 2 aliphatic rings. The molecule has 5 rings (SSSR count). The van der Waals surface area contributed by atoms with Gasteiger partial charge in [0.25, 0.3) is 5.56 Å². The van der Waals surface area contributed by atoms with Crippen molar-refractivity contribution >= 4 is 10.9 Å². The predicted octanol–water partition coefficient (Wildman–Crippen LogP) is 1.04. The molecule has 0 bridgehead atoms. The first-order chi connectivity index (χ1) is 15.6. The molecule has 2 aliphatic heterocycles. The Labute approximate surface area is 186 Å². The Balaban J connectivity index is 1.57. The highest BCUT2D eigenvalue weighted by atomic mass is 16.5. The van der Waals surface area contributed by atoms with Crippen LogP contribution in [0.4, 0.5) is 0 Å². The standard InChI is InChI=1S/C22H29N7O3/c1-27-7-9-28(10-8-27)20(21-24-25-26-29(21)14-17-4-3-11-32-17)18-12-15-5-6-16(31-2)13-19(15)23-22(18)30/h5-6,12-13,17,20H,3-4,7-11,14H2,1-2H3,(H,23,30)/t17-,20+/m1/s1. The molecule has 4 heterocycles. The van der Waals surface area contributed by atoms with Gasteiger partial charge in [0.05, 0.1) is 25.3 Å². The number of hydrogen-bond donors (Lipinski definition) is 1. The van der Waals surface area contributed by atoms with Gasteiger partial charge in [0, 0.05) is 44.4 Å². The second-order valence-corrected chi connectivity index (χ2v) is 8.60. The average Bonchev–Trinajstić information content (AvgIpc) is 3.48. The number of nitrogens with zero attached hydrogens (tertiary/aromatic N) is 6. The smallest absolute Gasteiger partial charge is 0.253 e. The number of aromatic amines is 1. The molecule has 0 spiro atoms. The topological polar surface area (TPSA) is 101 Å². The lowest BCUT2D eigenvalue weighted by atomic mass is 10.0. The third-order valence-electron chi connectivity index (χ3n) is 6.48. The van der Waals surface area contributed by atoms with Gasteiger partial charge in [-0.25, -0.2) is 4.68 Å². The van der Waals surface area contributed by atoms with Gasteiger partial charge in [0.15, 0.2) is 5.82 Å². The Morgan fingerprint density at radius 3 is 2.84 bits per heavy atom. The molecular weight excluding hydrogens is 410 g/mol. The van der Waals surface area contributed by atoms with Gasteiger partial charge in [0.2, 0.25) is 0 Å². The molecule has 2 atom stereocenters. The lowest BCUT2D eigenvalue weighted by Crippen LogP contribution is -2.47. The zero-order valence-corrected chi connectivity index (χ0v) is 18.5. The van der Waals surface area contributed by atoms with Crippen molar-refractivity contribution in [3.05, 3.63) is 46.0 Å². The van der Waals surface area contributed by atoms with Crippen molar-refractivity contribution in [3.8, 4) is 5.75 Å². The number of tetrazole rings is 1. The Morgan fingerprint density at radius 2 is 2.09 bits per heavy atom. The van der Waals surface area contributed by atoms with Gasteiger partial charge in [-0.15, -0.1) is 5.10 Å². The van der Waals surface area contributed by atoms with Crippen LogP contribution < -0.4 is 10.3 Å². The average molecular weight is 440 g/mol. The van der Waals surface area contributed by atoms with E-state index in [9.17, 15) is 4.79 Å². The Hall–Kier alpha value is -2.82. The van der Waals surface area contributed by atoms with E-state index < -0.39 is 0 Å². The van der Waals surface area contributed by atoms with Crippen molar-refractivity contribution < 1.29 is 9.47 Å². The highest BCUT2D eigenvalue weighted by Gasteiger charge is 2.33. The summed E-state index contributed by atoms with van der Waals surface area (Å²) in [5.74, 6) is 1.39. The molecule has 0 saturated carbocycles. The number of piperazine rings is 1. The number of H-pyrrole nitrogens is 1. The summed E-state index contributed by atoms with van der Waals surface area (Å²) in [7, 11) is 3.73. The number of nitrogens with one attached hydrogen (secondary N) is 1. The minimum absolute atomic E-state index is 0.104. The van der Waals surface area contributed by atoms with Crippen molar-refractivity contribution in [1.29, 1.82) is 0 Å². The summed E-state index contributed by atoms with van der Waals surface area (Å²) in [6.07, 6.45) is 2.15. The van der Waals surface area contributed by atoms with Crippen LogP contribution in [0.2, 0.25) is 0 Å². The molecule has 2 saturated heterocycles. The fraction of sp³-hybridized carbons (Fsp3) is 0.545. The summed E-state index contributed by atoms with van der Waals surface area (Å²) in [5.41, 5.74) is 1.26. The Morgan fingerprint density at radius 1 is 1.25 bits per heavy atom. The maximum Gasteiger partial charge on any atom is 0.253 e. The number of pyridine rings is 1. The molecule has 0 amide bonds. The molecule has 2 aromatic heterocycles. The van der Waals surface area contributed by atoms with Crippen LogP contribution in [0, 0.1) is 0 Å². The number of hydrogen-bond acceptors (Lipinski definition) is 8. The number of rotatable bonds is 6. The lowest BCUT2D eigenvalue weighted by molar-refractivity contribution is 0.0878. The summed E-state index contributed by atoms with van der Waals surface area (Å²) in [6, 6.07) is 7.32. The van der Waals surface area contributed by atoms with Gasteiger partial charge in [-0.05, 0) is 53.9 Å². The van der Waals surface area contributed by atoms with E-state index in [0.717, 1.165) is 56.5 Å². The molecule has 3 aromatic rings. The SMILES string of the molecule is COc1ccc2cc([C@@H](c3nnnn3C[C@H]3CCCO3)N3CCN(C)CC3)c(=O)[nH]c2c1. The van der Waals surface area contributed by atoms with Crippen LogP contribution >= 0.6 is 0 Å². The predicted molar refractivity (Wildman–Crippen MR) is 119 cm³/mol. The van der Waals surface area contributed by atoms with Crippen LogP contribution in [0.1, 0.15) is 30.3 Å². The van der Waals surface area contributed by atoms with E-state index in [4.69, 9.17) is 9.47 Å². The van der Waals surface area contributed by atoms with Crippen molar-refractivity contribution in [2.45, 2.75) is 31.5 Å². The quantitative estimate of drug-likeness (QED) is 0.608. The van der Waals surface area contributed by atoms with E-state index in [1.807, 2.05) is 28.9 Å². The number of ether oxygens (including phenoxy) is 2. The highest BCUT2D eigenvalue weighted by molar-refractivity contribution is 5.80. The largest absolute Gasteiger partial charge is 0.497 e. The summed E-state index contributed by atoms with van der Waals surface area (Å²) in [5, 5.41) is 13.6. The summed E-state index contributed by atoms with van der Waals surface area (Å²) >= 11 is 0. The number of methoxy groups -OCH3 is 1. The van der Waals surface area contributed by atoms with Gasteiger partial charge in [-0.3, -0.25) is 9.69 Å². The van der Waals surface area contributed by atoms with Crippen LogP contribution in [0.25, 0.3) is 10.9 Å². The number of aromatic nitrogens is 5. The molecule has 0 radical (unpaired) electrons. The van der Waals surface area contributed by atoms with E-state index in [-0.39, 0.29) is 17.7 Å². The third-order valence-corrected chi connectivity index (χ3v) is 6.48. The van der Waals surface area contributed by atoms with Crippen LogP contribution in [-0.4, -0.2) is 88.0 Å². The monoisotopic (exact) mass is 439 g/mol. The molecule has 1 N–H and O–H groups in total. The molecule has 10 nitrogen and oxygen atoms in total. The minimum atomic E-state index is -0.338. The van der Waals surface area contributed by atoms with Crippen molar-refractivity contribution in [2.75, 3.05) is 46.9 Å². The second kappa shape index (κ2) is 8.97. The Kier molecular flexibility index (Phi) is 5.90. The molecule has 2 fully saturated rings. The number of benzene rings is 1. The summed E-state index contributed by atoms with van der Waals surface area (Å²) < 4.78 is 12.9. The zero-order chi connectivity index (χ0) is 22.1. The van der Waals surface area contributed by atoms with Gasteiger partial charge < -0.3 is 19.4 Å². The van der Waals surface area contributed by atoms with Crippen molar-refractivity contribution in [2.24, 2.45) is 0 Å². The number of likely N-dealkylation sites (N-methyl/N-ethyl adjacent to an activating group) is 1. The molecule has 1 aromatic carbocycles. The van der Waals surface area contributed by atoms with Gasteiger partial charge in [-0.2, -0.15) is 0 Å². The van der Waals surface area contributed by atoms with Gasteiger partial charge >= 0.3 is 0 Å². The van der Waals surface area contributed by atoms with Crippen LogP contribution in [0.3, 0.4) is 0 Å². The van der Waals surface area contributed by atoms with E-state index in [2.05, 4.69) is 37.4 Å². The maximum atomic E-state index is 13.3. The fourth-order valence-corrected chi connectivity index (χ4v) is 4.62. The summed E-state index contributed by atoms with van der Waals surface area (Å²) in [4.78, 5) is 20.9. The second-order valence-electron chi connectivity index (χ2n) is 8.60. The first-order valence-corrected chi connectivity index (χ1v) is 11.1. The van der Waals surface area contributed by atoms with Gasteiger partial charge in [0.1, 0.15) is 11.8 Å². The molecule has 0 unspecified atom stereocenters. The van der Waals surface area contributed by atoms with E-state index >= 15 is 0 Å². The van der Waals surface area contributed by atoms with Crippen LogP contribution in [-0.2, 0) is 11.3 Å². The molecular formula is C22H29N7O3. The molecule has 10 heteroatoms. The number of fused-ring (bicyclic) bond motifs is 1.